The van der Waals surface area contributed by atoms with Crippen molar-refractivity contribution >= 4 is 21.9 Å². The molecule has 0 aliphatic carbocycles. The quantitative estimate of drug-likeness (QED) is 0.476. The van der Waals surface area contributed by atoms with Crippen molar-refractivity contribution in [1.82, 2.24) is 20.2 Å². The highest BCUT2D eigenvalue weighted by Gasteiger charge is 2.16. The van der Waals surface area contributed by atoms with Crippen molar-refractivity contribution in [2.45, 2.75) is 0 Å². The molecule has 2 aromatic carbocycles. The lowest BCUT2D eigenvalue weighted by atomic mass is 10.2. The highest BCUT2D eigenvalue weighted by molar-refractivity contribution is 9.10. The fraction of sp³-hybridized carbons (Fsp3) is 0.125. The van der Waals surface area contributed by atoms with Crippen molar-refractivity contribution in [2.75, 3.05) is 14.2 Å². The van der Waals surface area contributed by atoms with Crippen LogP contribution in [-0.2, 0) is 0 Å². The summed E-state index contributed by atoms with van der Waals surface area (Å²) in [6.07, 6.45) is 1.47. The number of ether oxygens (including phenoxy) is 3. The molecule has 0 radical (unpaired) electrons. The van der Waals surface area contributed by atoms with Crippen LogP contribution in [0, 0.1) is 0 Å². The van der Waals surface area contributed by atoms with E-state index in [0.29, 0.717) is 27.3 Å². The lowest BCUT2D eigenvalue weighted by molar-refractivity contribution is 0.0734. The van der Waals surface area contributed by atoms with Crippen LogP contribution in [0.2, 0.25) is 0 Å². The molecule has 1 heterocycles. The molecule has 128 valence electrons. The van der Waals surface area contributed by atoms with Gasteiger partial charge in [0.1, 0.15) is 28.0 Å². The highest BCUT2D eigenvalue weighted by Crippen LogP contribution is 2.35. The van der Waals surface area contributed by atoms with Crippen LogP contribution in [0.1, 0.15) is 10.4 Å². The fourth-order valence-electron chi connectivity index (χ4n) is 2.10. The number of methoxy groups -OCH3 is 2. The summed E-state index contributed by atoms with van der Waals surface area (Å²) in [6, 6.07) is 9.93. The first-order chi connectivity index (χ1) is 12.1. The number of nitrogens with zero attached hydrogens (tertiary/aromatic N) is 4. The molecule has 3 rings (SSSR count). The number of carbonyl (C=O) groups excluding carboxylic acids is 1. The van der Waals surface area contributed by atoms with Crippen LogP contribution in [0.15, 0.2) is 47.2 Å². The maximum atomic E-state index is 12.4. The first-order valence-corrected chi connectivity index (χ1v) is 7.89. The molecular weight excluding hydrogens is 392 g/mol. The predicted molar refractivity (Wildman–Crippen MR) is 91.4 cm³/mol. The normalized spacial score (nSPS) is 10.4. The molecule has 3 aromatic rings. The maximum absolute atomic E-state index is 12.4. The standard InChI is InChI=1S/C16H13BrN4O4/c1-23-13-7-10(8-14(24-2)15(13)17)16(22)25-12-5-3-11(4-6-12)21-9-18-19-20-21/h3-9H,1-2H3. The molecule has 25 heavy (non-hydrogen) atoms. The van der Waals surface area contributed by atoms with Gasteiger partial charge in [0, 0.05) is 0 Å². The molecule has 8 nitrogen and oxygen atoms in total. The second kappa shape index (κ2) is 7.31. The summed E-state index contributed by atoms with van der Waals surface area (Å²) in [5.41, 5.74) is 1.05. The second-order valence-corrected chi connectivity index (χ2v) is 5.63. The number of esters is 1. The van der Waals surface area contributed by atoms with Gasteiger partial charge in [0.25, 0.3) is 0 Å². The van der Waals surface area contributed by atoms with Crippen molar-refractivity contribution in [3.05, 3.63) is 52.8 Å². The molecule has 0 fully saturated rings. The third-order valence-electron chi connectivity index (χ3n) is 3.34. The van der Waals surface area contributed by atoms with Gasteiger partial charge >= 0.3 is 5.97 Å². The fourth-order valence-corrected chi connectivity index (χ4v) is 2.65. The van der Waals surface area contributed by atoms with E-state index in [0.717, 1.165) is 5.69 Å². The molecule has 0 bridgehead atoms. The van der Waals surface area contributed by atoms with E-state index in [4.69, 9.17) is 14.2 Å². The number of carbonyl (C=O) groups is 1. The SMILES string of the molecule is COc1cc(C(=O)Oc2ccc(-n3cnnn3)cc2)cc(OC)c1Br. The van der Waals surface area contributed by atoms with Crippen LogP contribution in [0.25, 0.3) is 5.69 Å². The lowest BCUT2D eigenvalue weighted by Gasteiger charge is -2.11. The second-order valence-electron chi connectivity index (χ2n) is 4.83. The summed E-state index contributed by atoms with van der Waals surface area (Å²) >= 11 is 3.36. The predicted octanol–water partition coefficient (Wildman–Crippen LogP) is 2.66. The molecule has 0 saturated heterocycles. The zero-order valence-corrected chi connectivity index (χ0v) is 14.9. The highest BCUT2D eigenvalue weighted by atomic mass is 79.9. The molecule has 0 unspecified atom stereocenters. The average molecular weight is 405 g/mol. The summed E-state index contributed by atoms with van der Waals surface area (Å²) < 4.78 is 18.0. The Bertz CT molecular complexity index is 857. The first kappa shape index (κ1) is 16.9. The van der Waals surface area contributed by atoms with E-state index in [1.807, 2.05) is 0 Å². The third kappa shape index (κ3) is 3.61. The minimum absolute atomic E-state index is 0.307. The van der Waals surface area contributed by atoms with Crippen LogP contribution in [0.4, 0.5) is 0 Å². The number of halogens is 1. The molecule has 0 aliphatic heterocycles. The summed E-state index contributed by atoms with van der Waals surface area (Å²) in [4.78, 5) is 12.4. The Morgan fingerprint density at radius 2 is 1.72 bits per heavy atom. The van der Waals surface area contributed by atoms with Gasteiger partial charge in [-0.2, -0.15) is 0 Å². The van der Waals surface area contributed by atoms with Crippen molar-refractivity contribution in [3.63, 3.8) is 0 Å². The summed E-state index contributed by atoms with van der Waals surface area (Å²) in [5, 5.41) is 10.9. The number of tetrazole rings is 1. The van der Waals surface area contributed by atoms with E-state index in [9.17, 15) is 4.79 Å². The van der Waals surface area contributed by atoms with Gasteiger partial charge in [-0.25, -0.2) is 9.48 Å². The van der Waals surface area contributed by atoms with E-state index in [1.165, 1.54) is 25.2 Å². The van der Waals surface area contributed by atoms with E-state index in [1.54, 1.807) is 36.4 Å². The van der Waals surface area contributed by atoms with E-state index in [2.05, 4.69) is 31.5 Å². The van der Waals surface area contributed by atoms with E-state index >= 15 is 0 Å². The molecule has 0 spiro atoms. The van der Waals surface area contributed by atoms with Crippen LogP contribution in [0.5, 0.6) is 17.2 Å². The molecule has 9 heteroatoms. The molecule has 0 atom stereocenters. The minimum atomic E-state index is -0.528. The van der Waals surface area contributed by atoms with Crippen molar-refractivity contribution < 1.29 is 19.0 Å². The smallest absolute Gasteiger partial charge is 0.343 e. The van der Waals surface area contributed by atoms with Crippen LogP contribution in [0.3, 0.4) is 0 Å². The van der Waals surface area contributed by atoms with Crippen molar-refractivity contribution in [3.8, 4) is 22.9 Å². The number of rotatable bonds is 5. The zero-order valence-electron chi connectivity index (χ0n) is 13.3. The Kier molecular flexibility index (Phi) is 4.94. The molecule has 0 amide bonds. The number of hydrogen-bond donors (Lipinski definition) is 0. The largest absolute Gasteiger partial charge is 0.495 e. The summed E-state index contributed by atoms with van der Waals surface area (Å²) in [5.74, 6) is 0.808. The third-order valence-corrected chi connectivity index (χ3v) is 4.12. The number of aromatic nitrogens is 4. The van der Waals surface area contributed by atoms with Crippen LogP contribution < -0.4 is 14.2 Å². The zero-order chi connectivity index (χ0) is 17.8. The van der Waals surface area contributed by atoms with Gasteiger partial charge in [0.2, 0.25) is 0 Å². The molecule has 0 saturated carbocycles. The lowest BCUT2D eigenvalue weighted by Crippen LogP contribution is -2.09. The van der Waals surface area contributed by atoms with E-state index < -0.39 is 5.97 Å². The van der Waals surface area contributed by atoms with Gasteiger partial charge in [0.05, 0.1) is 25.5 Å². The van der Waals surface area contributed by atoms with Gasteiger partial charge < -0.3 is 14.2 Å². The minimum Gasteiger partial charge on any atom is -0.495 e. The summed E-state index contributed by atoms with van der Waals surface area (Å²) in [7, 11) is 3.01. The maximum Gasteiger partial charge on any atom is 0.343 e. The number of hydrogen-bond acceptors (Lipinski definition) is 7. The Hall–Kier alpha value is -2.94. The van der Waals surface area contributed by atoms with Gasteiger partial charge in [-0.05, 0) is 62.8 Å². The topological polar surface area (TPSA) is 88.4 Å². The average Bonchev–Trinajstić information content (AvgIpc) is 3.17. The van der Waals surface area contributed by atoms with Crippen LogP contribution in [-0.4, -0.2) is 40.4 Å². The Balaban J connectivity index is 1.80. The van der Waals surface area contributed by atoms with Crippen molar-refractivity contribution in [1.29, 1.82) is 0 Å². The molecule has 0 aliphatic rings. The molecule has 0 N–H and O–H groups in total. The molecule has 1 aromatic heterocycles. The van der Waals surface area contributed by atoms with E-state index in [-0.39, 0.29) is 0 Å². The summed E-state index contributed by atoms with van der Waals surface area (Å²) in [6.45, 7) is 0. The van der Waals surface area contributed by atoms with Gasteiger partial charge in [-0.1, -0.05) is 0 Å². The van der Waals surface area contributed by atoms with Gasteiger partial charge in [0.15, 0.2) is 0 Å². The van der Waals surface area contributed by atoms with Crippen molar-refractivity contribution in [2.24, 2.45) is 0 Å². The Labute approximate surface area is 151 Å². The Morgan fingerprint density at radius 3 is 2.24 bits per heavy atom. The monoisotopic (exact) mass is 404 g/mol. The first-order valence-electron chi connectivity index (χ1n) is 7.09. The number of benzene rings is 2. The Morgan fingerprint density at radius 1 is 1.08 bits per heavy atom. The van der Waals surface area contributed by atoms with Gasteiger partial charge in [-0.15, -0.1) is 5.10 Å². The van der Waals surface area contributed by atoms with Crippen LogP contribution >= 0.6 is 15.9 Å². The van der Waals surface area contributed by atoms with Gasteiger partial charge in [-0.3, -0.25) is 0 Å². The molecular formula is C16H13BrN4O4.